The molecule has 0 N–H and O–H groups in total. The molecule has 0 unspecified atom stereocenters. The highest BCUT2D eigenvalue weighted by atomic mass is 16.6. The van der Waals surface area contributed by atoms with Crippen LogP contribution in [0.1, 0.15) is 78.4 Å². The average molecular weight is 563 g/mol. The van der Waals surface area contributed by atoms with Gasteiger partial charge in [-0.3, -0.25) is 9.59 Å². The van der Waals surface area contributed by atoms with E-state index >= 15 is 0 Å². The molecule has 0 spiro atoms. The smallest absolute Gasteiger partial charge is 0.340 e. The summed E-state index contributed by atoms with van der Waals surface area (Å²) in [6, 6.07) is 22.0. The molecule has 4 fully saturated rings. The van der Waals surface area contributed by atoms with Crippen LogP contribution in [0.15, 0.2) is 72.8 Å². The van der Waals surface area contributed by atoms with E-state index in [1.54, 1.807) is 30.3 Å². The molecule has 0 saturated heterocycles. The number of cyclic esters (lactones) is 1. The normalized spacial score (nSPS) is 32.0. The number of carbonyl (C=O) groups is 3. The first kappa shape index (κ1) is 25.8. The Morgan fingerprint density at radius 1 is 0.619 bits per heavy atom. The molecule has 4 saturated carbocycles. The molecule has 3 aromatic rings. The third kappa shape index (κ3) is 4.10. The van der Waals surface area contributed by atoms with Crippen molar-refractivity contribution in [3.05, 3.63) is 95.1 Å². The zero-order chi connectivity index (χ0) is 28.4. The maximum atomic E-state index is 13.1. The zero-order valence-electron chi connectivity index (χ0n) is 23.5. The Kier molecular flexibility index (Phi) is 6.02. The van der Waals surface area contributed by atoms with Crippen molar-refractivity contribution in [1.82, 2.24) is 0 Å². The van der Waals surface area contributed by atoms with Gasteiger partial charge >= 0.3 is 17.9 Å². The molecule has 0 aromatic heterocycles. The summed E-state index contributed by atoms with van der Waals surface area (Å²) in [4.78, 5) is 38.8. The Bertz CT molecular complexity index is 1450. The largest absolute Gasteiger partial charge is 0.441 e. The number of carbonyl (C=O) groups excluding carboxylic acids is 3. The predicted octanol–water partition coefficient (Wildman–Crippen LogP) is 6.83. The van der Waals surface area contributed by atoms with Crippen molar-refractivity contribution < 1.29 is 28.6 Å². The molecular formula is C36H34O6. The van der Waals surface area contributed by atoms with E-state index in [4.69, 9.17) is 14.2 Å². The summed E-state index contributed by atoms with van der Waals surface area (Å²) < 4.78 is 17.8. The van der Waals surface area contributed by atoms with Gasteiger partial charge in [0.15, 0.2) is 5.60 Å². The van der Waals surface area contributed by atoms with Crippen LogP contribution in [0, 0.1) is 35.5 Å². The van der Waals surface area contributed by atoms with Crippen molar-refractivity contribution in [2.45, 2.75) is 57.0 Å². The molecule has 6 nitrogen and oxygen atoms in total. The fraction of sp³-hybridized carbons (Fsp3) is 0.417. The molecule has 1 aliphatic heterocycles. The summed E-state index contributed by atoms with van der Waals surface area (Å²) in [5, 5.41) is 0. The Hall–Kier alpha value is -3.93. The van der Waals surface area contributed by atoms with Crippen molar-refractivity contribution >= 4 is 17.9 Å². The molecule has 5 aliphatic rings. The topological polar surface area (TPSA) is 78.9 Å². The third-order valence-electron chi connectivity index (χ3n) is 10.6. The van der Waals surface area contributed by atoms with Crippen LogP contribution in [0.4, 0.5) is 0 Å². The van der Waals surface area contributed by atoms with Gasteiger partial charge in [-0.25, -0.2) is 4.79 Å². The number of esters is 3. The highest BCUT2D eigenvalue weighted by molar-refractivity contribution is 5.96. The number of benzene rings is 3. The first-order chi connectivity index (χ1) is 20.5. The summed E-state index contributed by atoms with van der Waals surface area (Å²) in [5.41, 5.74) is 1.56. The van der Waals surface area contributed by atoms with Gasteiger partial charge in [0.25, 0.3) is 0 Å². The molecule has 0 bridgehead atoms. The van der Waals surface area contributed by atoms with Gasteiger partial charge in [-0.2, -0.15) is 0 Å². The van der Waals surface area contributed by atoms with E-state index in [9.17, 15) is 14.4 Å². The van der Waals surface area contributed by atoms with Gasteiger partial charge in [0.1, 0.15) is 11.5 Å². The van der Waals surface area contributed by atoms with E-state index in [2.05, 4.69) is 0 Å². The molecular weight excluding hydrogens is 528 g/mol. The minimum atomic E-state index is -1.18. The van der Waals surface area contributed by atoms with Gasteiger partial charge in [-0.15, -0.1) is 0 Å². The fourth-order valence-electron chi connectivity index (χ4n) is 8.38. The Balaban J connectivity index is 1.06. The second kappa shape index (κ2) is 9.82. The minimum Gasteiger partial charge on any atom is -0.441 e. The van der Waals surface area contributed by atoms with Crippen molar-refractivity contribution in [3.63, 3.8) is 0 Å². The van der Waals surface area contributed by atoms with E-state index in [0.717, 1.165) is 42.4 Å². The Morgan fingerprint density at radius 2 is 1.05 bits per heavy atom. The molecule has 4 atom stereocenters. The van der Waals surface area contributed by atoms with Crippen molar-refractivity contribution in [2.75, 3.05) is 0 Å². The predicted molar refractivity (Wildman–Crippen MR) is 154 cm³/mol. The first-order valence-corrected chi connectivity index (χ1v) is 15.5. The van der Waals surface area contributed by atoms with E-state index in [1.165, 1.54) is 25.7 Å². The summed E-state index contributed by atoms with van der Waals surface area (Å²) >= 11 is 0. The molecule has 42 heavy (non-hydrogen) atoms. The third-order valence-corrected chi connectivity index (χ3v) is 10.6. The lowest BCUT2D eigenvalue weighted by molar-refractivity contribution is -0.137. The van der Waals surface area contributed by atoms with Crippen LogP contribution < -0.4 is 9.47 Å². The van der Waals surface area contributed by atoms with Crippen molar-refractivity contribution in [3.8, 4) is 11.5 Å². The van der Waals surface area contributed by atoms with Crippen LogP contribution >= 0.6 is 0 Å². The molecule has 3 aromatic carbocycles. The van der Waals surface area contributed by atoms with Gasteiger partial charge < -0.3 is 14.2 Å². The van der Waals surface area contributed by atoms with Crippen LogP contribution in [-0.4, -0.2) is 17.9 Å². The summed E-state index contributed by atoms with van der Waals surface area (Å²) in [5.74, 6) is 2.30. The number of hydrogen-bond donors (Lipinski definition) is 0. The van der Waals surface area contributed by atoms with E-state index in [0.29, 0.717) is 40.7 Å². The maximum absolute atomic E-state index is 13.1. The van der Waals surface area contributed by atoms with Crippen LogP contribution in [0.25, 0.3) is 0 Å². The summed E-state index contributed by atoms with van der Waals surface area (Å²) in [6.07, 6.45) is 9.29. The molecule has 4 aliphatic carbocycles. The molecule has 214 valence electrons. The summed E-state index contributed by atoms with van der Waals surface area (Å²) in [6.45, 7) is 0. The van der Waals surface area contributed by atoms with Gasteiger partial charge in [0.05, 0.1) is 17.4 Å². The Labute approximate surface area is 245 Å². The first-order valence-electron chi connectivity index (χ1n) is 15.5. The quantitative estimate of drug-likeness (QED) is 0.242. The second-order valence-electron chi connectivity index (χ2n) is 12.8. The fourth-order valence-corrected chi connectivity index (χ4v) is 8.38. The molecule has 1 heterocycles. The highest BCUT2D eigenvalue weighted by Crippen LogP contribution is 2.57. The highest BCUT2D eigenvalue weighted by Gasteiger charge is 2.57. The van der Waals surface area contributed by atoms with Gasteiger partial charge in [0, 0.05) is 16.7 Å². The van der Waals surface area contributed by atoms with Gasteiger partial charge in [0.2, 0.25) is 0 Å². The van der Waals surface area contributed by atoms with Crippen LogP contribution in [0.3, 0.4) is 0 Å². The zero-order valence-corrected chi connectivity index (χ0v) is 23.5. The molecule has 0 amide bonds. The van der Waals surface area contributed by atoms with Gasteiger partial charge in [-0.05, 0) is 79.7 Å². The summed E-state index contributed by atoms with van der Waals surface area (Å²) in [7, 11) is 0. The molecule has 8 rings (SSSR count). The monoisotopic (exact) mass is 562 g/mol. The number of ether oxygens (including phenoxy) is 3. The van der Waals surface area contributed by atoms with Crippen molar-refractivity contribution in [1.29, 1.82) is 0 Å². The number of hydrogen-bond acceptors (Lipinski definition) is 6. The lowest BCUT2D eigenvalue weighted by Gasteiger charge is -2.30. The SMILES string of the molecule is O=C1OC(c2ccc(OC(=O)C3[C@@H]4CCCC[C@@H]34)cc2)(c2ccc(OC(=O)C3[C@@H]4CCCC[C@@H]34)cc2)c2ccccc21. The standard InChI is InChI=1S/C36H34O6/c37-33-29-11-5-6-12-30(29)36(42-33,21-13-17-23(18-14-21)40-34(38)31-25-7-1-2-8-26(25)31)22-15-19-24(20-16-22)41-35(39)32-27-9-3-4-10-28(27)32/h5-6,11-20,25-28,31-32H,1-4,7-10H2/t25-,26-,27-,28-/m1/s1. The molecule has 6 heteroatoms. The lowest BCUT2D eigenvalue weighted by atomic mass is 9.80. The Morgan fingerprint density at radius 3 is 1.50 bits per heavy atom. The molecule has 0 radical (unpaired) electrons. The van der Waals surface area contributed by atoms with E-state index in [1.807, 2.05) is 42.5 Å². The van der Waals surface area contributed by atoms with Crippen LogP contribution in [-0.2, 0) is 19.9 Å². The van der Waals surface area contributed by atoms with Crippen LogP contribution in [0.5, 0.6) is 11.5 Å². The van der Waals surface area contributed by atoms with Gasteiger partial charge in [-0.1, -0.05) is 68.1 Å². The number of rotatable bonds is 6. The minimum absolute atomic E-state index is 0.0257. The van der Waals surface area contributed by atoms with Crippen LogP contribution in [0.2, 0.25) is 0 Å². The maximum Gasteiger partial charge on any atom is 0.340 e. The average Bonchev–Trinajstić information content (AvgIpc) is 3.92. The van der Waals surface area contributed by atoms with E-state index < -0.39 is 11.6 Å². The number of fused-ring (bicyclic) bond motifs is 3. The lowest BCUT2D eigenvalue weighted by Crippen LogP contribution is -2.29. The van der Waals surface area contributed by atoms with E-state index in [-0.39, 0.29) is 23.8 Å². The van der Waals surface area contributed by atoms with Crippen molar-refractivity contribution in [2.24, 2.45) is 35.5 Å². The second-order valence-corrected chi connectivity index (χ2v) is 12.8.